The molecule has 1 heterocycles. The number of hydrogen-bond acceptors (Lipinski definition) is 3. The lowest BCUT2D eigenvalue weighted by Gasteiger charge is -2.42. The lowest BCUT2D eigenvalue weighted by molar-refractivity contribution is 0.632. The van der Waals surface area contributed by atoms with E-state index in [1.165, 1.54) is 22.5 Å². The molecule has 1 aliphatic rings. The van der Waals surface area contributed by atoms with Gasteiger partial charge in [0.15, 0.2) is 0 Å². The molecule has 4 aromatic carbocycles. The van der Waals surface area contributed by atoms with Crippen molar-refractivity contribution in [3.63, 3.8) is 0 Å². The van der Waals surface area contributed by atoms with Crippen molar-refractivity contribution in [2.24, 2.45) is 0 Å². The van der Waals surface area contributed by atoms with Gasteiger partial charge in [0.05, 0.1) is 34.6 Å². The van der Waals surface area contributed by atoms with Crippen LogP contribution in [-0.4, -0.2) is 0 Å². The molecule has 0 amide bonds. The summed E-state index contributed by atoms with van der Waals surface area (Å²) in [7, 11) is 0. The van der Waals surface area contributed by atoms with Crippen molar-refractivity contribution in [1.82, 2.24) is 0 Å². The van der Waals surface area contributed by atoms with Crippen LogP contribution in [0.4, 0.5) is 17.1 Å². The van der Waals surface area contributed by atoms with Gasteiger partial charge in [-0.05, 0) is 58.7 Å². The maximum Gasteiger partial charge on any atom is 0.0998 e. The highest BCUT2D eigenvalue weighted by molar-refractivity contribution is 5.86. The average Bonchev–Trinajstić information content (AvgIpc) is 2.84. The molecule has 0 saturated heterocycles. The number of para-hydroxylation sites is 2. The van der Waals surface area contributed by atoms with E-state index in [0.29, 0.717) is 11.1 Å². The van der Waals surface area contributed by atoms with Gasteiger partial charge in [-0.1, -0.05) is 68.4 Å². The summed E-state index contributed by atoms with van der Waals surface area (Å²) in [6, 6.07) is 35.0. The first kappa shape index (κ1) is 19.6. The van der Waals surface area contributed by atoms with Crippen LogP contribution in [0.15, 0.2) is 91.0 Å². The first-order chi connectivity index (χ1) is 15.5. The van der Waals surface area contributed by atoms with Gasteiger partial charge in [0.1, 0.15) is 0 Å². The van der Waals surface area contributed by atoms with E-state index in [2.05, 4.69) is 91.5 Å². The highest BCUT2D eigenvalue weighted by Crippen LogP contribution is 2.51. The van der Waals surface area contributed by atoms with Crippen LogP contribution < -0.4 is 4.90 Å². The lowest BCUT2D eigenvalue weighted by atomic mass is 9.73. The smallest absolute Gasteiger partial charge is 0.0998 e. The summed E-state index contributed by atoms with van der Waals surface area (Å²) in [4.78, 5) is 2.31. The van der Waals surface area contributed by atoms with Crippen LogP contribution in [0.25, 0.3) is 11.1 Å². The second-order valence-electron chi connectivity index (χ2n) is 8.53. The summed E-state index contributed by atoms with van der Waals surface area (Å²) in [5.74, 6) is 0. The van der Waals surface area contributed by atoms with Gasteiger partial charge < -0.3 is 4.90 Å². The van der Waals surface area contributed by atoms with E-state index in [4.69, 9.17) is 5.26 Å². The second-order valence-corrected chi connectivity index (χ2v) is 8.53. The number of nitrogens with zero attached hydrogens (tertiary/aromatic N) is 3. The molecule has 5 rings (SSSR count). The molecule has 0 atom stereocenters. The Morgan fingerprint density at radius 3 is 1.84 bits per heavy atom. The van der Waals surface area contributed by atoms with Crippen LogP contribution in [0.3, 0.4) is 0 Å². The summed E-state index contributed by atoms with van der Waals surface area (Å²) < 4.78 is 0. The quantitative estimate of drug-likeness (QED) is 0.350. The molecule has 0 aliphatic carbocycles. The fraction of sp³-hybridized carbons (Fsp3) is 0.103. The van der Waals surface area contributed by atoms with Crippen molar-refractivity contribution in [3.8, 4) is 23.3 Å². The maximum atomic E-state index is 9.56. The fourth-order valence-corrected chi connectivity index (χ4v) is 4.70. The number of nitriles is 2. The molecule has 1 aliphatic heterocycles. The molecule has 0 saturated carbocycles. The van der Waals surface area contributed by atoms with Gasteiger partial charge in [-0.15, -0.1) is 0 Å². The van der Waals surface area contributed by atoms with Crippen LogP contribution in [0, 0.1) is 22.7 Å². The first-order valence-electron chi connectivity index (χ1n) is 10.6. The third-order valence-corrected chi connectivity index (χ3v) is 6.34. The molecule has 0 aromatic heterocycles. The molecule has 0 radical (unpaired) electrons. The van der Waals surface area contributed by atoms with Gasteiger partial charge in [-0.25, -0.2) is 0 Å². The highest BCUT2D eigenvalue weighted by Gasteiger charge is 2.36. The summed E-state index contributed by atoms with van der Waals surface area (Å²) in [6.07, 6.45) is 0. The molecule has 4 aromatic rings. The summed E-state index contributed by atoms with van der Waals surface area (Å²) >= 11 is 0. The van der Waals surface area contributed by atoms with E-state index in [0.717, 1.165) is 16.8 Å². The van der Waals surface area contributed by atoms with Crippen LogP contribution in [-0.2, 0) is 5.41 Å². The zero-order chi connectivity index (χ0) is 22.3. The number of rotatable bonds is 2. The van der Waals surface area contributed by atoms with E-state index < -0.39 is 0 Å². The topological polar surface area (TPSA) is 50.8 Å². The molecule has 0 bridgehead atoms. The molecule has 3 nitrogen and oxygen atoms in total. The molecule has 3 heteroatoms. The Kier molecular flexibility index (Phi) is 4.54. The molecule has 0 spiro atoms. The zero-order valence-electron chi connectivity index (χ0n) is 18.0. The van der Waals surface area contributed by atoms with Crippen LogP contribution in [0.1, 0.15) is 36.1 Å². The molecule has 0 unspecified atom stereocenters. The van der Waals surface area contributed by atoms with E-state index in [-0.39, 0.29) is 5.41 Å². The third kappa shape index (κ3) is 2.96. The highest BCUT2D eigenvalue weighted by atomic mass is 15.2. The zero-order valence-corrected chi connectivity index (χ0v) is 18.0. The van der Waals surface area contributed by atoms with E-state index >= 15 is 0 Å². The Morgan fingerprint density at radius 1 is 0.688 bits per heavy atom. The summed E-state index contributed by atoms with van der Waals surface area (Å²) in [5, 5.41) is 18.7. The fourth-order valence-electron chi connectivity index (χ4n) is 4.70. The average molecular weight is 412 g/mol. The minimum Gasteiger partial charge on any atom is -0.310 e. The lowest BCUT2D eigenvalue weighted by Crippen LogP contribution is -2.30. The third-order valence-electron chi connectivity index (χ3n) is 6.34. The molecule has 32 heavy (non-hydrogen) atoms. The number of anilines is 3. The van der Waals surface area contributed by atoms with Gasteiger partial charge in [0, 0.05) is 11.1 Å². The maximum absolute atomic E-state index is 9.56. The second kappa shape index (κ2) is 7.41. The van der Waals surface area contributed by atoms with Crippen LogP contribution in [0.2, 0.25) is 0 Å². The van der Waals surface area contributed by atoms with Crippen molar-refractivity contribution < 1.29 is 0 Å². The molecule has 152 valence electrons. The monoisotopic (exact) mass is 411 g/mol. The van der Waals surface area contributed by atoms with Gasteiger partial charge in [-0.3, -0.25) is 0 Å². The van der Waals surface area contributed by atoms with Gasteiger partial charge in [0.25, 0.3) is 0 Å². The van der Waals surface area contributed by atoms with Crippen LogP contribution in [0.5, 0.6) is 0 Å². The number of benzene rings is 4. The Bertz CT molecular complexity index is 1370. The van der Waals surface area contributed by atoms with Crippen LogP contribution >= 0.6 is 0 Å². The van der Waals surface area contributed by atoms with E-state index in [9.17, 15) is 5.26 Å². The van der Waals surface area contributed by atoms with Gasteiger partial charge >= 0.3 is 0 Å². The van der Waals surface area contributed by atoms with E-state index in [1.807, 2.05) is 18.2 Å². The van der Waals surface area contributed by atoms with Crippen molar-refractivity contribution in [2.75, 3.05) is 4.90 Å². The molecular weight excluding hydrogens is 390 g/mol. The van der Waals surface area contributed by atoms with E-state index in [1.54, 1.807) is 12.1 Å². The minimum atomic E-state index is -0.0895. The Hall–Kier alpha value is -4.34. The Labute approximate surface area is 188 Å². The molecule has 0 N–H and O–H groups in total. The van der Waals surface area contributed by atoms with Crippen molar-refractivity contribution >= 4 is 17.1 Å². The predicted octanol–water partition coefficient (Wildman–Crippen LogP) is 7.21. The van der Waals surface area contributed by atoms with Crippen molar-refractivity contribution in [2.45, 2.75) is 19.3 Å². The Morgan fingerprint density at radius 2 is 1.28 bits per heavy atom. The van der Waals surface area contributed by atoms with Gasteiger partial charge in [-0.2, -0.15) is 10.5 Å². The summed E-state index contributed by atoms with van der Waals surface area (Å²) in [6.45, 7) is 4.55. The number of hydrogen-bond donors (Lipinski definition) is 0. The van der Waals surface area contributed by atoms with Crippen molar-refractivity contribution in [1.29, 1.82) is 10.5 Å². The molecule has 0 fully saturated rings. The van der Waals surface area contributed by atoms with Gasteiger partial charge in [0.2, 0.25) is 0 Å². The number of fused-ring (bicyclic) bond motifs is 2. The SMILES string of the molecule is CC1(C)c2ccccc2N(c2ccc(-c3ccc(C#N)cc3C#N)cc2)c2ccccc21. The molecular formula is C29H21N3. The Balaban J connectivity index is 1.63. The predicted molar refractivity (Wildman–Crippen MR) is 128 cm³/mol. The first-order valence-corrected chi connectivity index (χ1v) is 10.6. The standard InChI is InChI=1S/C29H21N3/c1-29(2)25-7-3-5-9-27(25)32(28-10-6-4-8-26(28)29)23-14-12-21(13-15-23)24-16-11-20(18-30)17-22(24)19-31/h3-17H,1-2H3. The van der Waals surface area contributed by atoms with Crippen molar-refractivity contribution in [3.05, 3.63) is 113 Å². The summed E-state index contributed by atoms with van der Waals surface area (Å²) in [5.41, 5.74) is 8.71. The normalized spacial score (nSPS) is 13.4. The minimum absolute atomic E-state index is 0.0895. The largest absolute Gasteiger partial charge is 0.310 e.